The number of likely N-dealkylation sites (N-methyl/N-ethyl adjacent to an activating group) is 1. The maximum Gasteiger partial charge on any atom is 0.488 e. The Bertz CT molecular complexity index is 578. The van der Waals surface area contributed by atoms with Gasteiger partial charge in [-0.05, 0) is 31.1 Å². The van der Waals surface area contributed by atoms with E-state index in [1.54, 1.807) is 24.3 Å². The molecule has 0 radical (unpaired) electrons. The molecular weight excluding hydrogens is 293 g/mol. The first kappa shape index (κ1) is 16.3. The summed E-state index contributed by atoms with van der Waals surface area (Å²) in [6, 6.07) is 6.67. The molecule has 2 rings (SSSR count). The van der Waals surface area contributed by atoms with Crippen LogP contribution in [-0.4, -0.2) is 68.2 Å². The maximum atomic E-state index is 11.4. The van der Waals surface area contributed by atoms with Gasteiger partial charge < -0.3 is 14.8 Å². The van der Waals surface area contributed by atoms with Crippen LogP contribution in [0, 0.1) is 0 Å². The molecule has 1 aliphatic heterocycles. The molecule has 1 aromatic carbocycles. The Morgan fingerprint density at radius 1 is 1.43 bits per heavy atom. The van der Waals surface area contributed by atoms with Gasteiger partial charge in [-0.2, -0.15) is 0 Å². The van der Waals surface area contributed by atoms with E-state index in [4.69, 9.17) is 14.8 Å². The van der Waals surface area contributed by atoms with E-state index >= 15 is 0 Å². The highest BCUT2D eigenvalue weighted by atomic mass is 32.2. The second kappa shape index (κ2) is 6.78. The molecule has 21 heavy (non-hydrogen) atoms. The van der Waals surface area contributed by atoms with Crippen molar-refractivity contribution in [2.24, 2.45) is 0 Å². The van der Waals surface area contributed by atoms with E-state index in [-0.39, 0.29) is 17.5 Å². The monoisotopic (exact) mass is 313 g/mol. The lowest BCUT2D eigenvalue weighted by Crippen LogP contribution is -2.35. The minimum Gasteiger partial charge on any atom is -0.492 e. The van der Waals surface area contributed by atoms with Crippen LogP contribution in [-0.2, 0) is 9.84 Å². The van der Waals surface area contributed by atoms with Gasteiger partial charge in [-0.1, -0.05) is 12.1 Å². The van der Waals surface area contributed by atoms with Gasteiger partial charge in [-0.25, -0.2) is 8.42 Å². The molecule has 0 saturated carbocycles. The molecule has 1 heterocycles. The average molecular weight is 313 g/mol. The molecule has 0 aromatic heterocycles. The standard InChI is InChI=1S/C13H20BNO5S/c1-15(12-5-8-21(18,19)10-12)6-7-20-13-4-2-3-11(9-13)14(16)17/h2-4,9,12,16-17H,5-8,10H2,1H3. The molecule has 0 bridgehead atoms. The molecule has 1 aliphatic rings. The van der Waals surface area contributed by atoms with Crippen LogP contribution >= 0.6 is 0 Å². The number of hydrogen-bond donors (Lipinski definition) is 2. The molecule has 1 aromatic rings. The predicted octanol–water partition coefficient (Wildman–Crippen LogP) is -1.14. The van der Waals surface area contributed by atoms with Crippen molar-refractivity contribution in [2.75, 3.05) is 31.7 Å². The second-order valence-electron chi connectivity index (χ2n) is 5.33. The van der Waals surface area contributed by atoms with Crippen molar-refractivity contribution >= 4 is 22.4 Å². The van der Waals surface area contributed by atoms with Gasteiger partial charge in [0.25, 0.3) is 0 Å². The van der Waals surface area contributed by atoms with E-state index in [0.29, 0.717) is 30.8 Å². The number of benzene rings is 1. The molecule has 8 heteroatoms. The number of sulfone groups is 1. The minimum absolute atomic E-state index is 0.0594. The number of hydrogen-bond acceptors (Lipinski definition) is 6. The normalized spacial score (nSPS) is 20.7. The van der Waals surface area contributed by atoms with Crippen molar-refractivity contribution in [2.45, 2.75) is 12.5 Å². The average Bonchev–Trinajstić information content (AvgIpc) is 2.79. The van der Waals surface area contributed by atoms with Crippen LogP contribution in [0.3, 0.4) is 0 Å². The van der Waals surface area contributed by atoms with Gasteiger partial charge in [0.1, 0.15) is 12.4 Å². The van der Waals surface area contributed by atoms with Gasteiger partial charge in [0.2, 0.25) is 0 Å². The Hall–Kier alpha value is -1.09. The molecule has 116 valence electrons. The smallest absolute Gasteiger partial charge is 0.488 e. The molecule has 1 saturated heterocycles. The van der Waals surface area contributed by atoms with E-state index < -0.39 is 17.0 Å². The zero-order valence-corrected chi connectivity index (χ0v) is 12.8. The summed E-state index contributed by atoms with van der Waals surface area (Å²) in [4.78, 5) is 2.00. The van der Waals surface area contributed by atoms with Crippen molar-refractivity contribution in [3.05, 3.63) is 24.3 Å². The molecule has 1 unspecified atom stereocenters. The van der Waals surface area contributed by atoms with Crippen LogP contribution in [0.25, 0.3) is 0 Å². The number of ether oxygens (including phenoxy) is 1. The summed E-state index contributed by atoms with van der Waals surface area (Å²) in [6.45, 7) is 1.03. The van der Waals surface area contributed by atoms with E-state index in [0.717, 1.165) is 0 Å². The molecule has 0 amide bonds. The van der Waals surface area contributed by atoms with Gasteiger partial charge in [0, 0.05) is 12.6 Å². The van der Waals surface area contributed by atoms with Crippen LogP contribution < -0.4 is 10.2 Å². The lowest BCUT2D eigenvalue weighted by molar-refractivity contribution is 0.202. The summed E-state index contributed by atoms with van der Waals surface area (Å²) in [5, 5.41) is 18.2. The Balaban J connectivity index is 1.80. The van der Waals surface area contributed by atoms with E-state index in [9.17, 15) is 8.42 Å². The molecule has 1 atom stereocenters. The van der Waals surface area contributed by atoms with Gasteiger partial charge in [0.15, 0.2) is 9.84 Å². The summed E-state index contributed by atoms with van der Waals surface area (Å²) in [7, 11) is -2.49. The largest absolute Gasteiger partial charge is 0.492 e. The van der Waals surface area contributed by atoms with Crippen molar-refractivity contribution in [1.82, 2.24) is 4.90 Å². The highest BCUT2D eigenvalue weighted by Crippen LogP contribution is 2.16. The van der Waals surface area contributed by atoms with E-state index in [1.165, 1.54) is 0 Å². The summed E-state index contributed by atoms with van der Waals surface area (Å²) >= 11 is 0. The van der Waals surface area contributed by atoms with Crippen LogP contribution in [0.2, 0.25) is 0 Å². The Kier molecular flexibility index (Phi) is 5.26. The summed E-state index contributed by atoms with van der Waals surface area (Å²) < 4.78 is 28.4. The van der Waals surface area contributed by atoms with E-state index in [1.807, 2.05) is 11.9 Å². The lowest BCUT2D eigenvalue weighted by atomic mass is 9.80. The van der Waals surface area contributed by atoms with Crippen LogP contribution in [0.15, 0.2) is 24.3 Å². The third-order valence-electron chi connectivity index (χ3n) is 3.70. The maximum absolute atomic E-state index is 11.4. The second-order valence-corrected chi connectivity index (χ2v) is 7.56. The first-order valence-electron chi connectivity index (χ1n) is 6.87. The fraction of sp³-hybridized carbons (Fsp3) is 0.538. The molecule has 0 spiro atoms. The zero-order chi connectivity index (χ0) is 15.5. The highest BCUT2D eigenvalue weighted by molar-refractivity contribution is 7.91. The van der Waals surface area contributed by atoms with Crippen molar-refractivity contribution in [3.63, 3.8) is 0 Å². The van der Waals surface area contributed by atoms with Gasteiger partial charge in [-0.3, -0.25) is 4.90 Å². The fourth-order valence-electron chi connectivity index (χ4n) is 2.38. The summed E-state index contributed by atoms with van der Waals surface area (Å²) in [5.74, 6) is 1.04. The molecule has 6 nitrogen and oxygen atoms in total. The van der Waals surface area contributed by atoms with Crippen molar-refractivity contribution in [1.29, 1.82) is 0 Å². The molecule has 0 aliphatic carbocycles. The van der Waals surface area contributed by atoms with Gasteiger partial charge >= 0.3 is 7.12 Å². The van der Waals surface area contributed by atoms with Crippen LogP contribution in [0.1, 0.15) is 6.42 Å². The fourth-order valence-corrected chi connectivity index (χ4v) is 4.18. The first-order valence-corrected chi connectivity index (χ1v) is 8.69. The summed E-state index contributed by atoms with van der Waals surface area (Å²) in [6.07, 6.45) is 0.672. The van der Waals surface area contributed by atoms with Crippen LogP contribution in [0.5, 0.6) is 5.75 Å². The quantitative estimate of drug-likeness (QED) is 0.646. The third kappa shape index (κ3) is 4.71. The van der Waals surface area contributed by atoms with Crippen LogP contribution in [0.4, 0.5) is 0 Å². The topological polar surface area (TPSA) is 87.1 Å². The lowest BCUT2D eigenvalue weighted by Gasteiger charge is -2.22. The van der Waals surface area contributed by atoms with Crippen molar-refractivity contribution < 1.29 is 23.2 Å². The van der Waals surface area contributed by atoms with Crippen molar-refractivity contribution in [3.8, 4) is 5.75 Å². The molecule has 2 N–H and O–H groups in total. The third-order valence-corrected chi connectivity index (χ3v) is 5.45. The molecule has 1 fully saturated rings. The summed E-state index contributed by atoms with van der Waals surface area (Å²) in [5.41, 5.74) is 0.378. The van der Waals surface area contributed by atoms with E-state index in [2.05, 4.69) is 0 Å². The number of nitrogens with zero attached hydrogens (tertiary/aromatic N) is 1. The Morgan fingerprint density at radius 2 is 2.19 bits per heavy atom. The molecular formula is C13H20BNO5S. The number of rotatable bonds is 6. The van der Waals surface area contributed by atoms with Gasteiger partial charge in [0.05, 0.1) is 11.5 Å². The zero-order valence-electron chi connectivity index (χ0n) is 12.0. The highest BCUT2D eigenvalue weighted by Gasteiger charge is 2.30. The Labute approximate surface area is 125 Å². The predicted molar refractivity (Wildman–Crippen MR) is 81.5 cm³/mol. The Morgan fingerprint density at radius 3 is 2.81 bits per heavy atom. The first-order chi connectivity index (χ1) is 9.87. The SMILES string of the molecule is CN(CCOc1cccc(B(O)O)c1)C1CCS(=O)(=O)C1. The van der Waals surface area contributed by atoms with Gasteiger partial charge in [-0.15, -0.1) is 0 Å². The minimum atomic E-state index is -2.87.